The van der Waals surface area contributed by atoms with Crippen LogP contribution in [0.3, 0.4) is 0 Å². The van der Waals surface area contributed by atoms with E-state index < -0.39 is 0 Å². The van der Waals surface area contributed by atoms with Crippen LogP contribution in [-0.4, -0.2) is 68.9 Å². The summed E-state index contributed by atoms with van der Waals surface area (Å²) in [5, 5.41) is 0. The molecule has 1 unspecified atom stereocenters. The Kier molecular flexibility index (Phi) is 19.4. The summed E-state index contributed by atoms with van der Waals surface area (Å²) in [6.07, 6.45) is 26.3. The molecule has 4 heteroatoms. The number of nitrogens with zero attached hydrogens (tertiary/aromatic N) is 3. The summed E-state index contributed by atoms with van der Waals surface area (Å²) < 4.78 is 6.70. The molecule has 0 N–H and O–H groups in total. The van der Waals surface area contributed by atoms with Crippen LogP contribution in [0.4, 0.5) is 0 Å². The number of hydrogen-bond acceptors (Lipinski definition) is 3. The van der Waals surface area contributed by atoms with E-state index in [1.54, 1.807) is 0 Å². The first-order chi connectivity index (χ1) is 16.9. The monoisotopic (exact) mass is 490 g/mol. The average molecular weight is 491 g/mol. The smallest absolute Gasteiger partial charge is 0.102 e. The third kappa shape index (κ3) is 18.9. The van der Waals surface area contributed by atoms with Crippen LogP contribution in [0.1, 0.15) is 121 Å². The van der Waals surface area contributed by atoms with Gasteiger partial charge in [0.2, 0.25) is 0 Å². The number of likely N-dealkylation sites (N-methyl/N-ethyl adjacent to an activating group) is 1. The molecule has 2 rings (SSSR count). The summed E-state index contributed by atoms with van der Waals surface area (Å²) in [7, 11) is 8.84. The maximum absolute atomic E-state index is 5.70. The lowest BCUT2D eigenvalue weighted by molar-refractivity contribution is -0.870. The molecule has 0 aromatic carbocycles. The van der Waals surface area contributed by atoms with Crippen molar-refractivity contribution < 1.29 is 9.22 Å². The van der Waals surface area contributed by atoms with Crippen LogP contribution in [0.25, 0.3) is 0 Å². The molecule has 1 aliphatic heterocycles. The van der Waals surface area contributed by atoms with Gasteiger partial charge in [-0.05, 0) is 44.5 Å². The molecule has 0 spiro atoms. The molecule has 1 aromatic rings. The Morgan fingerprint density at radius 1 is 0.857 bits per heavy atom. The lowest BCUT2D eigenvalue weighted by Crippen LogP contribution is -2.37. The summed E-state index contributed by atoms with van der Waals surface area (Å²) in [6.45, 7) is 6.48. The van der Waals surface area contributed by atoms with Gasteiger partial charge in [-0.15, -0.1) is 0 Å². The highest BCUT2D eigenvalue weighted by Gasteiger charge is 2.22. The maximum Gasteiger partial charge on any atom is 0.102 e. The number of aromatic nitrogens is 1. The lowest BCUT2D eigenvalue weighted by Gasteiger charge is -2.23. The standard InChI is InChI=1S/C21H46NO.C10H14N2/c1-5-6-7-8-9-10-11-12-13-14-15-16-17-18-20-23-21-19-22(2,3)4;1-12-7-3-5-10(12)9-4-2-6-11-8-9/h5-21H2,1-4H3;2,4,6,8,10H,3,5,7H2,1H3/q+1;. The van der Waals surface area contributed by atoms with Gasteiger partial charge in [0, 0.05) is 25.0 Å². The maximum atomic E-state index is 5.70. The fourth-order valence-electron chi connectivity index (χ4n) is 4.74. The molecule has 0 bridgehead atoms. The SMILES string of the molecule is CCCCCCCCCCCCCCCCOCC[N+](C)(C)C.CN1CCCC1c1cccnc1. The van der Waals surface area contributed by atoms with Crippen LogP contribution in [0, 0.1) is 0 Å². The number of rotatable bonds is 19. The molecule has 1 aromatic heterocycles. The third-order valence-electron chi connectivity index (χ3n) is 7.14. The van der Waals surface area contributed by atoms with Crippen LogP contribution in [-0.2, 0) is 4.74 Å². The number of hydrogen-bond donors (Lipinski definition) is 0. The van der Waals surface area contributed by atoms with Gasteiger partial charge in [0.1, 0.15) is 6.54 Å². The Balaban J connectivity index is 0.000000420. The summed E-state index contributed by atoms with van der Waals surface area (Å²) in [6, 6.07) is 4.79. The normalized spacial score (nSPS) is 16.3. The Labute approximate surface area is 219 Å². The first-order valence-corrected chi connectivity index (χ1v) is 14.9. The average Bonchev–Trinajstić information content (AvgIpc) is 3.27. The minimum absolute atomic E-state index is 0.610. The number of likely N-dealkylation sites (tertiary alicyclic amines) is 1. The van der Waals surface area contributed by atoms with E-state index in [4.69, 9.17) is 4.74 Å². The molecular weight excluding hydrogens is 430 g/mol. The summed E-state index contributed by atoms with van der Waals surface area (Å²) in [5.41, 5.74) is 1.36. The Morgan fingerprint density at radius 3 is 1.89 bits per heavy atom. The van der Waals surface area contributed by atoms with Crippen molar-refractivity contribution in [2.75, 3.05) is 54.5 Å². The summed E-state index contributed by atoms with van der Waals surface area (Å²) in [5.74, 6) is 0. The van der Waals surface area contributed by atoms with E-state index >= 15 is 0 Å². The molecule has 1 saturated heterocycles. The van der Waals surface area contributed by atoms with Gasteiger partial charge in [0.15, 0.2) is 0 Å². The molecule has 204 valence electrons. The highest BCUT2D eigenvalue weighted by molar-refractivity contribution is 5.14. The number of pyridine rings is 1. The molecule has 35 heavy (non-hydrogen) atoms. The van der Waals surface area contributed by atoms with Crippen molar-refractivity contribution in [1.29, 1.82) is 0 Å². The van der Waals surface area contributed by atoms with E-state index in [0.717, 1.165) is 24.2 Å². The van der Waals surface area contributed by atoms with E-state index in [9.17, 15) is 0 Å². The second-order valence-electron chi connectivity index (χ2n) is 11.6. The van der Waals surface area contributed by atoms with Crippen LogP contribution < -0.4 is 0 Å². The summed E-state index contributed by atoms with van der Waals surface area (Å²) >= 11 is 0. The molecule has 1 aliphatic rings. The number of quaternary nitrogens is 1. The molecule has 0 amide bonds. The lowest BCUT2D eigenvalue weighted by atomic mass is 10.0. The molecule has 1 atom stereocenters. The van der Waals surface area contributed by atoms with Crippen molar-refractivity contribution in [3.63, 3.8) is 0 Å². The zero-order chi connectivity index (χ0) is 25.6. The van der Waals surface area contributed by atoms with E-state index in [1.165, 1.54) is 115 Å². The predicted octanol–water partition coefficient (Wildman–Crippen LogP) is 8.04. The molecule has 2 heterocycles. The first kappa shape index (κ1) is 32.1. The van der Waals surface area contributed by atoms with Crippen LogP contribution >= 0.6 is 0 Å². The van der Waals surface area contributed by atoms with Crippen LogP contribution in [0.5, 0.6) is 0 Å². The Bertz CT molecular complexity index is 572. The van der Waals surface area contributed by atoms with Gasteiger partial charge in [-0.2, -0.15) is 0 Å². The van der Waals surface area contributed by atoms with Crippen LogP contribution in [0.2, 0.25) is 0 Å². The van der Waals surface area contributed by atoms with Crippen molar-refractivity contribution in [1.82, 2.24) is 9.88 Å². The van der Waals surface area contributed by atoms with Gasteiger partial charge >= 0.3 is 0 Å². The minimum Gasteiger partial charge on any atom is -0.376 e. The quantitative estimate of drug-likeness (QED) is 0.145. The predicted molar refractivity (Wildman–Crippen MR) is 153 cm³/mol. The first-order valence-electron chi connectivity index (χ1n) is 14.9. The number of ether oxygens (including phenoxy) is 1. The highest BCUT2D eigenvalue weighted by atomic mass is 16.5. The van der Waals surface area contributed by atoms with Gasteiger partial charge < -0.3 is 9.22 Å². The molecule has 1 fully saturated rings. The second kappa shape index (κ2) is 21.1. The van der Waals surface area contributed by atoms with E-state index in [0.29, 0.717) is 6.04 Å². The van der Waals surface area contributed by atoms with Crippen molar-refractivity contribution in [3.8, 4) is 0 Å². The zero-order valence-electron chi connectivity index (χ0n) is 24.3. The Morgan fingerprint density at radius 2 is 1.43 bits per heavy atom. The largest absolute Gasteiger partial charge is 0.376 e. The second-order valence-corrected chi connectivity index (χ2v) is 11.6. The van der Waals surface area contributed by atoms with Gasteiger partial charge in [0.05, 0.1) is 27.7 Å². The highest BCUT2D eigenvalue weighted by Crippen LogP contribution is 2.29. The van der Waals surface area contributed by atoms with Crippen molar-refractivity contribution >= 4 is 0 Å². The Hall–Kier alpha value is -0.970. The molecular formula is C31H60N3O+. The molecule has 0 saturated carbocycles. The van der Waals surface area contributed by atoms with Crippen molar-refractivity contribution in [2.24, 2.45) is 0 Å². The van der Waals surface area contributed by atoms with Crippen LogP contribution in [0.15, 0.2) is 24.5 Å². The minimum atomic E-state index is 0.610. The number of unbranched alkanes of at least 4 members (excludes halogenated alkanes) is 13. The fourth-order valence-corrected chi connectivity index (χ4v) is 4.74. The third-order valence-corrected chi connectivity index (χ3v) is 7.14. The van der Waals surface area contributed by atoms with Crippen molar-refractivity contribution in [2.45, 2.75) is 116 Å². The van der Waals surface area contributed by atoms with E-state index in [2.05, 4.69) is 51.1 Å². The van der Waals surface area contributed by atoms with Gasteiger partial charge in [-0.25, -0.2) is 0 Å². The molecule has 4 nitrogen and oxygen atoms in total. The fraction of sp³-hybridized carbons (Fsp3) is 0.839. The van der Waals surface area contributed by atoms with Gasteiger partial charge in [0.25, 0.3) is 0 Å². The van der Waals surface area contributed by atoms with Gasteiger partial charge in [-0.1, -0.05) is 96.5 Å². The van der Waals surface area contributed by atoms with E-state index in [-0.39, 0.29) is 0 Å². The van der Waals surface area contributed by atoms with Gasteiger partial charge in [-0.3, -0.25) is 9.88 Å². The molecule has 0 aliphatic carbocycles. The topological polar surface area (TPSA) is 25.4 Å². The summed E-state index contributed by atoms with van der Waals surface area (Å²) in [4.78, 5) is 6.54. The van der Waals surface area contributed by atoms with Crippen molar-refractivity contribution in [3.05, 3.63) is 30.1 Å². The molecule has 0 radical (unpaired) electrons. The van der Waals surface area contributed by atoms with E-state index in [1.807, 2.05) is 18.5 Å². The zero-order valence-corrected chi connectivity index (χ0v) is 24.3.